The van der Waals surface area contributed by atoms with E-state index in [0.717, 1.165) is 17.9 Å². The van der Waals surface area contributed by atoms with E-state index >= 15 is 0 Å². The molecule has 0 bridgehead atoms. The van der Waals surface area contributed by atoms with Crippen LogP contribution < -0.4 is 0 Å². The van der Waals surface area contributed by atoms with E-state index in [9.17, 15) is 0 Å². The van der Waals surface area contributed by atoms with Gasteiger partial charge in [0.2, 0.25) is 0 Å². The molecule has 134 valence electrons. The molecule has 3 unspecified atom stereocenters. The van der Waals surface area contributed by atoms with Gasteiger partial charge in [-0.25, -0.2) is 0 Å². The van der Waals surface area contributed by atoms with Crippen LogP contribution in [-0.2, 0) is 0 Å². The number of hydrogen-bond acceptors (Lipinski definition) is 1. The molecule has 1 aliphatic heterocycles. The monoisotopic (exact) mass is 319 g/mol. The second kappa shape index (κ2) is 9.25. The van der Waals surface area contributed by atoms with Crippen LogP contribution in [0.25, 0.3) is 0 Å². The van der Waals surface area contributed by atoms with Crippen LogP contribution in [0.15, 0.2) is 12.7 Å². The van der Waals surface area contributed by atoms with Crippen molar-refractivity contribution in [3.63, 3.8) is 0 Å². The number of likely N-dealkylation sites (tertiary alicyclic amines) is 1. The van der Waals surface area contributed by atoms with Gasteiger partial charge in [-0.1, -0.05) is 51.5 Å². The summed E-state index contributed by atoms with van der Waals surface area (Å²) in [5.74, 6) is 1.91. The van der Waals surface area contributed by atoms with Crippen LogP contribution in [0, 0.1) is 11.8 Å². The molecule has 2 fully saturated rings. The smallest absolute Gasteiger partial charge is 0.0158 e. The third kappa shape index (κ3) is 5.34. The molecule has 1 saturated heterocycles. The Morgan fingerprint density at radius 1 is 1.00 bits per heavy atom. The van der Waals surface area contributed by atoms with Crippen LogP contribution in [0.5, 0.6) is 0 Å². The molecule has 0 aromatic rings. The first-order valence-corrected chi connectivity index (χ1v) is 10.4. The van der Waals surface area contributed by atoms with E-state index in [4.69, 9.17) is 0 Å². The third-order valence-electron chi connectivity index (χ3n) is 6.57. The summed E-state index contributed by atoms with van der Waals surface area (Å²) in [7, 11) is 0. The normalized spacial score (nSPS) is 30.8. The summed E-state index contributed by atoms with van der Waals surface area (Å²) in [4.78, 5) is 2.93. The Balaban J connectivity index is 1.74. The van der Waals surface area contributed by atoms with E-state index in [1.54, 1.807) is 0 Å². The maximum absolute atomic E-state index is 3.81. The van der Waals surface area contributed by atoms with Crippen molar-refractivity contribution in [2.24, 2.45) is 11.8 Å². The topological polar surface area (TPSA) is 3.24 Å². The molecule has 1 heterocycles. The zero-order valence-electron chi connectivity index (χ0n) is 16.2. The van der Waals surface area contributed by atoms with Crippen molar-refractivity contribution < 1.29 is 0 Å². The van der Waals surface area contributed by atoms with E-state index in [-0.39, 0.29) is 0 Å². The molecule has 0 aromatic carbocycles. The van der Waals surface area contributed by atoms with Crippen LogP contribution in [-0.4, -0.2) is 23.0 Å². The molecule has 3 atom stereocenters. The molecule has 0 spiro atoms. The first-order chi connectivity index (χ1) is 11.1. The first kappa shape index (κ1) is 19.0. The predicted molar refractivity (Wildman–Crippen MR) is 103 cm³/mol. The minimum atomic E-state index is 0.419. The van der Waals surface area contributed by atoms with E-state index < -0.39 is 0 Å². The van der Waals surface area contributed by atoms with Crippen molar-refractivity contribution in [1.29, 1.82) is 0 Å². The highest BCUT2D eigenvalue weighted by atomic mass is 15.2. The summed E-state index contributed by atoms with van der Waals surface area (Å²) >= 11 is 0. The molecular formula is C22H41N. The number of rotatable bonds is 9. The predicted octanol–water partition coefficient (Wildman–Crippen LogP) is 6.58. The Morgan fingerprint density at radius 3 is 2.39 bits per heavy atom. The van der Waals surface area contributed by atoms with Gasteiger partial charge in [-0.15, -0.1) is 6.58 Å². The van der Waals surface area contributed by atoms with E-state index in [2.05, 4.69) is 38.3 Å². The SMILES string of the molecule is C=CCCCCCCCCN1C2CCCCC2C(C)CC1(C)C. The standard InChI is InChI=1S/C22H41N/c1-5-6-7-8-9-10-11-14-17-23-21-16-13-12-15-20(21)19(2)18-22(23,3)4/h5,19-21H,1,6-18H2,2-4H3. The molecular weight excluding hydrogens is 278 g/mol. The van der Waals surface area contributed by atoms with Gasteiger partial charge in [0.15, 0.2) is 0 Å². The molecule has 2 aliphatic rings. The molecule has 0 amide bonds. The van der Waals surface area contributed by atoms with Crippen LogP contribution in [0.2, 0.25) is 0 Å². The average Bonchev–Trinajstić information content (AvgIpc) is 2.52. The molecule has 1 saturated carbocycles. The summed E-state index contributed by atoms with van der Waals surface area (Å²) in [6.07, 6.45) is 18.9. The zero-order valence-corrected chi connectivity index (χ0v) is 16.2. The summed E-state index contributed by atoms with van der Waals surface area (Å²) in [6, 6.07) is 0.884. The lowest BCUT2D eigenvalue weighted by atomic mass is 9.67. The third-order valence-corrected chi connectivity index (χ3v) is 6.57. The van der Waals surface area contributed by atoms with Crippen molar-refractivity contribution >= 4 is 0 Å². The Kier molecular flexibility index (Phi) is 7.66. The summed E-state index contributed by atoms with van der Waals surface area (Å²) in [5, 5.41) is 0. The van der Waals surface area contributed by atoms with Gasteiger partial charge < -0.3 is 0 Å². The molecule has 0 radical (unpaired) electrons. The molecule has 1 aliphatic carbocycles. The second-order valence-electron chi connectivity index (χ2n) is 8.90. The van der Waals surface area contributed by atoms with Gasteiger partial charge in [-0.3, -0.25) is 4.90 Å². The fraction of sp³-hybridized carbons (Fsp3) is 0.909. The van der Waals surface area contributed by atoms with Gasteiger partial charge >= 0.3 is 0 Å². The highest BCUT2D eigenvalue weighted by molar-refractivity contribution is 4.99. The average molecular weight is 320 g/mol. The minimum Gasteiger partial charge on any atom is -0.295 e. The Labute approximate surface area is 145 Å². The number of unbranched alkanes of at least 4 members (excludes halogenated alkanes) is 6. The molecule has 0 N–H and O–H groups in total. The Hall–Kier alpha value is -0.300. The van der Waals surface area contributed by atoms with Crippen LogP contribution >= 0.6 is 0 Å². The van der Waals surface area contributed by atoms with Crippen LogP contribution in [0.3, 0.4) is 0 Å². The number of piperidine rings is 1. The summed E-state index contributed by atoms with van der Waals surface area (Å²) in [6.45, 7) is 12.7. The molecule has 2 rings (SSSR count). The van der Waals surface area contributed by atoms with E-state index in [1.807, 2.05) is 0 Å². The van der Waals surface area contributed by atoms with E-state index in [1.165, 1.54) is 83.6 Å². The minimum absolute atomic E-state index is 0.419. The van der Waals surface area contributed by atoms with Crippen LogP contribution in [0.1, 0.15) is 97.8 Å². The van der Waals surface area contributed by atoms with Crippen molar-refractivity contribution in [2.45, 2.75) is 109 Å². The molecule has 1 heteroatoms. The fourth-order valence-electron chi connectivity index (χ4n) is 5.44. The lowest BCUT2D eigenvalue weighted by Gasteiger charge is -2.56. The van der Waals surface area contributed by atoms with E-state index in [0.29, 0.717) is 5.54 Å². The molecule has 1 nitrogen and oxygen atoms in total. The number of allylic oxidation sites excluding steroid dienone is 1. The number of hydrogen-bond donors (Lipinski definition) is 0. The van der Waals surface area contributed by atoms with Gasteiger partial charge in [0, 0.05) is 11.6 Å². The number of fused-ring (bicyclic) bond motifs is 1. The molecule has 0 aromatic heterocycles. The lowest BCUT2D eigenvalue weighted by Crippen LogP contribution is -2.60. The lowest BCUT2D eigenvalue weighted by molar-refractivity contribution is -0.0589. The Bertz CT molecular complexity index is 346. The van der Waals surface area contributed by atoms with Crippen molar-refractivity contribution in [2.75, 3.05) is 6.54 Å². The number of nitrogens with zero attached hydrogens (tertiary/aromatic N) is 1. The quantitative estimate of drug-likeness (QED) is 0.342. The van der Waals surface area contributed by atoms with Gasteiger partial charge in [-0.05, 0) is 70.8 Å². The highest BCUT2D eigenvalue weighted by Gasteiger charge is 2.45. The fourth-order valence-corrected chi connectivity index (χ4v) is 5.44. The second-order valence-corrected chi connectivity index (χ2v) is 8.90. The maximum Gasteiger partial charge on any atom is 0.0158 e. The van der Waals surface area contributed by atoms with Crippen molar-refractivity contribution in [3.8, 4) is 0 Å². The maximum atomic E-state index is 3.81. The summed E-state index contributed by atoms with van der Waals surface area (Å²) in [5.41, 5.74) is 0.419. The highest BCUT2D eigenvalue weighted by Crippen LogP contribution is 2.45. The van der Waals surface area contributed by atoms with Gasteiger partial charge in [0.05, 0.1) is 0 Å². The Morgan fingerprint density at radius 2 is 1.65 bits per heavy atom. The summed E-state index contributed by atoms with van der Waals surface area (Å²) < 4.78 is 0. The van der Waals surface area contributed by atoms with Crippen LogP contribution in [0.4, 0.5) is 0 Å². The van der Waals surface area contributed by atoms with Gasteiger partial charge in [0.1, 0.15) is 0 Å². The van der Waals surface area contributed by atoms with Crippen molar-refractivity contribution in [1.82, 2.24) is 4.90 Å². The van der Waals surface area contributed by atoms with Gasteiger partial charge in [0.25, 0.3) is 0 Å². The molecule has 23 heavy (non-hydrogen) atoms. The zero-order chi connectivity index (χ0) is 16.7. The largest absolute Gasteiger partial charge is 0.295 e. The van der Waals surface area contributed by atoms with Crippen molar-refractivity contribution in [3.05, 3.63) is 12.7 Å². The van der Waals surface area contributed by atoms with Gasteiger partial charge in [-0.2, -0.15) is 0 Å². The first-order valence-electron chi connectivity index (χ1n) is 10.4.